The van der Waals surface area contributed by atoms with Crippen LogP contribution in [0.1, 0.15) is 30.9 Å². The molecule has 0 spiro atoms. The summed E-state index contributed by atoms with van der Waals surface area (Å²) < 4.78 is 38.0. The summed E-state index contributed by atoms with van der Waals surface area (Å²) in [6.07, 6.45) is -2.73. The molecule has 1 aliphatic heterocycles. The topological polar surface area (TPSA) is 24.4 Å². The van der Waals surface area contributed by atoms with Gasteiger partial charge in [0.05, 0.1) is 5.56 Å². The molecule has 0 radical (unpaired) electrons. The largest absolute Gasteiger partial charge is 0.416 e. The maximum atomic E-state index is 12.7. The molecule has 0 unspecified atom stereocenters. The normalized spacial score (nSPS) is 21.6. The van der Waals surface area contributed by atoms with Crippen molar-refractivity contribution in [1.82, 2.24) is 0 Å². The van der Waals surface area contributed by atoms with Crippen LogP contribution in [0.3, 0.4) is 0 Å². The van der Waals surface area contributed by atoms with E-state index in [9.17, 15) is 13.2 Å². The summed E-state index contributed by atoms with van der Waals surface area (Å²) in [5.74, 6) is 0. The van der Waals surface area contributed by atoms with Gasteiger partial charge in [-0.25, -0.2) is 0 Å². The predicted molar refractivity (Wildman–Crippen MR) is 66.2 cm³/mol. The van der Waals surface area contributed by atoms with Crippen LogP contribution in [0, 0.1) is 0 Å². The fraction of sp³-hybridized carbons (Fsp3) is 0.462. The third-order valence-electron chi connectivity index (χ3n) is 3.22. The number of rotatable bonds is 1. The molecule has 0 saturated carbocycles. The lowest BCUT2D eigenvalue weighted by atomic mass is 9.93. The minimum absolute atomic E-state index is 0.243. The summed E-state index contributed by atoms with van der Waals surface area (Å²) in [5, 5.41) is 3.24. The Morgan fingerprint density at radius 1 is 1.39 bits per heavy atom. The number of hydrogen-bond donors (Lipinski definition) is 1. The van der Waals surface area contributed by atoms with E-state index < -0.39 is 11.7 Å². The molecule has 1 atom stereocenters. The number of nitrogens with one attached hydrogen (secondary N) is 1. The van der Waals surface area contributed by atoms with E-state index in [1.165, 1.54) is 12.1 Å². The van der Waals surface area contributed by atoms with Crippen LogP contribution < -0.4 is 5.32 Å². The molecule has 18 heavy (non-hydrogen) atoms. The van der Waals surface area contributed by atoms with Gasteiger partial charge in [0.1, 0.15) is 0 Å². The zero-order chi connectivity index (χ0) is 13.3. The smallest absolute Gasteiger partial charge is 0.381 e. The minimum Gasteiger partial charge on any atom is -0.381 e. The van der Waals surface area contributed by atoms with E-state index in [0.717, 1.165) is 23.9 Å². The molecule has 0 aliphatic carbocycles. The second-order valence-electron chi connectivity index (χ2n) is 4.38. The van der Waals surface area contributed by atoms with Crippen molar-refractivity contribution < 1.29 is 13.2 Å². The van der Waals surface area contributed by atoms with Crippen LogP contribution in [-0.2, 0) is 6.18 Å². The van der Waals surface area contributed by atoms with Crippen molar-refractivity contribution in [3.63, 3.8) is 0 Å². The summed E-state index contributed by atoms with van der Waals surface area (Å²) in [6, 6.07) is 4.02. The summed E-state index contributed by atoms with van der Waals surface area (Å²) in [4.78, 5) is 4.12. The zero-order valence-electron chi connectivity index (χ0n) is 10.3. The Morgan fingerprint density at radius 3 is 2.67 bits per heavy atom. The second kappa shape index (κ2) is 4.63. The second-order valence-corrected chi connectivity index (χ2v) is 4.38. The van der Waals surface area contributed by atoms with Crippen LogP contribution in [0.4, 0.5) is 18.9 Å². The molecule has 0 saturated heterocycles. The van der Waals surface area contributed by atoms with E-state index in [4.69, 9.17) is 0 Å². The van der Waals surface area contributed by atoms with Crippen LogP contribution in [0.15, 0.2) is 23.2 Å². The van der Waals surface area contributed by atoms with Gasteiger partial charge in [0.15, 0.2) is 0 Å². The lowest BCUT2D eigenvalue weighted by Gasteiger charge is -2.28. The van der Waals surface area contributed by atoms with E-state index >= 15 is 0 Å². The standard InChI is InChI=1S/C13H15F3N2/c1-3-9-7-12(17-2)10-6-8(13(14,15)16)4-5-11(10)18-9/h4-6,9,18H,3,7H2,1-2H3/t9-/m1/s1. The summed E-state index contributed by atoms with van der Waals surface area (Å²) in [6.45, 7) is 2.04. The number of benzene rings is 1. The Bertz CT molecular complexity index is 478. The van der Waals surface area contributed by atoms with E-state index in [1.807, 2.05) is 6.92 Å². The van der Waals surface area contributed by atoms with Crippen LogP contribution in [0.5, 0.6) is 0 Å². The van der Waals surface area contributed by atoms with Gasteiger partial charge in [-0.05, 0) is 24.6 Å². The van der Waals surface area contributed by atoms with Gasteiger partial charge in [0.2, 0.25) is 0 Å². The average Bonchev–Trinajstić information content (AvgIpc) is 2.35. The number of halogens is 3. The molecule has 1 heterocycles. The van der Waals surface area contributed by atoms with Crippen LogP contribution in [0.2, 0.25) is 0 Å². The fourth-order valence-corrected chi connectivity index (χ4v) is 2.16. The lowest BCUT2D eigenvalue weighted by molar-refractivity contribution is -0.137. The number of fused-ring (bicyclic) bond motifs is 1. The molecule has 2 nitrogen and oxygen atoms in total. The molecule has 0 aromatic heterocycles. The van der Waals surface area contributed by atoms with Crippen molar-refractivity contribution in [2.75, 3.05) is 12.4 Å². The SMILES string of the molecule is CC[C@@H]1CC(=NC)c2cc(C(F)(F)F)ccc2N1. The Morgan fingerprint density at radius 2 is 2.11 bits per heavy atom. The Labute approximate surface area is 104 Å². The highest BCUT2D eigenvalue weighted by Gasteiger charge is 2.32. The molecule has 1 N–H and O–H groups in total. The van der Waals surface area contributed by atoms with Gasteiger partial charge in [-0.2, -0.15) is 13.2 Å². The first kappa shape index (κ1) is 12.9. The number of aliphatic imine (C=N–C) groups is 1. The Balaban J connectivity index is 2.46. The summed E-state index contributed by atoms with van der Waals surface area (Å²) in [5.41, 5.74) is 1.42. The van der Waals surface area contributed by atoms with Crippen molar-refractivity contribution in [2.45, 2.75) is 32.0 Å². The zero-order valence-corrected chi connectivity index (χ0v) is 10.3. The number of nitrogens with zero attached hydrogens (tertiary/aromatic N) is 1. The maximum absolute atomic E-state index is 12.7. The van der Waals surface area contributed by atoms with E-state index in [1.54, 1.807) is 7.05 Å². The first-order valence-corrected chi connectivity index (χ1v) is 5.89. The van der Waals surface area contributed by atoms with Crippen molar-refractivity contribution in [3.8, 4) is 0 Å². The number of hydrogen-bond acceptors (Lipinski definition) is 2. The molecule has 2 rings (SSSR count). The third kappa shape index (κ3) is 2.35. The molecular formula is C13H15F3N2. The monoisotopic (exact) mass is 256 g/mol. The highest BCUT2D eigenvalue weighted by Crippen LogP contribution is 2.34. The molecule has 1 aromatic rings. The summed E-state index contributed by atoms with van der Waals surface area (Å²) in [7, 11) is 1.62. The Hall–Kier alpha value is -1.52. The van der Waals surface area contributed by atoms with E-state index in [-0.39, 0.29) is 6.04 Å². The molecule has 1 aromatic carbocycles. The minimum atomic E-state index is -4.31. The first-order valence-electron chi connectivity index (χ1n) is 5.89. The lowest BCUT2D eigenvalue weighted by Crippen LogP contribution is -2.29. The van der Waals surface area contributed by atoms with Crippen molar-refractivity contribution in [1.29, 1.82) is 0 Å². The molecule has 0 fully saturated rings. The maximum Gasteiger partial charge on any atom is 0.416 e. The van der Waals surface area contributed by atoms with Gasteiger partial charge in [-0.1, -0.05) is 6.92 Å². The summed E-state index contributed by atoms with van der Waals surface area (Å²) >= 11 is 0. The van der Waals surface area contributed by atoms with Crippen molar-refractivity contribution >= 4 is 11.4 Å². The molecule has 1 aliphatic rings. The highest BCUT2D eigenvalue weighted by atomic mass is 19.4. The quantitative estimate of drug-likeness (QED) is 0.813. The number of anilines is 1. The van der Waals surface area contributed by atoms with Gasteiger partial charge in [-0.15, -0.1) is 0 Å². The molecule has 0 amide bonds. The van der Waals surface area contributed by atoms with Gasteiger partial charge in [0.25, 0.3) is 0 Å². The molecule has 0 bridgehead atoms. The Kier molecular flexibility index (Phi) is 3.32. The van der Waals surface area contributed by atoms with Crippen LogP contribution >= 0.6 is 0 Å². The molecular weight excluding hydrogens is 241 g/mol. The van der Waals surface area contributed by atoms with E-state index in [2.05, 4.69) is 10.3 Å². The van der Waals surface area contributed by atoms with Gasteiger partial charge in [-0.3, -0.25) is 4.99 Å². The molecule has 98 valence electrons. The molecule has 5 heteroatoms. The van der Waals surface area contributed by atoms with Crippen molar-refractivity contribution in [2.24, 2.45) is 4.99 Å². The van der Waals surface area contributed by atoms with Crippen LogP contribution in [-0.4, -0.2) is 18.8 Å². The predicted octanol–water partition coefficient (Wildman–Crippen LogP) is 3.72. The van der Waals surface area contributed by atoms with Crippen molar-refractivity contribution in [3.05, 3.63) is 29.3 Å². The van der Waals surface area contributed by atoms with Crippen LogP contribution in [0.25, 0.3) is 0 Å². The fourth-order valence-electron chi connectivity index (χ4n) is 2.16. The first-order chi connectivity index (χ1) is 8.45. The average molecular weight is 256 g/mol. The number of alkyl halides is 3. The van der Waals surface area contributed by atoms with E-state index in [0.29, 0.717) is 12.0 Å². The highest BCUT2D eigenvalue weighted by molar-refractivity contribution is 6.07. The van der Waals surface area contributed by atoms with Gasteiger partial charge >= 0.3 is 6.18 Å². The van der Waals surface area contributed by atoms with Gasteiger partial charge in [0, 0.05) is 36.5 Å². The van der Waals surface area contributed by atoms with Gasteiger partial charge < -0.3 is 5.32 Å². The third-order valence-corrected chi connectivity index (χ3v) is 3.22.